The molecule has 2 aromatic carbocycles. The van der Waals surface area contributed by atoms with Gasteiger partial charge in [0, 0.05) is 17.8 Å². The second-order valence-electron chi connectivity index (χ2n) is 4.43. The van der Waals surface area contributed by atoms with Crippen molar-refractivity contribution >= 4 is 16.7 Å². The largest absolute Gasteiger partial charge is 0.365 e. The third-order valence-electron chi connectivity index (χ3n) is 3.23. The van der Waals surface area contributed by atoms with Crippen molar-refractivity contribution in [2.24, 2.45) is 5.73 Å². The van der Waals surface area contributed by atoms with Gasteiger partial charge in [0.05, 0.1) is 5.56 Å². The number of halogens is 1. The Balaban J connectivity index is 2.37. The van der Waals surface area contributed by atoms with Crippen LogP contribution in [0.1, 0.15) is 10.4 Å². The summed E-state index contributed by atoms with van der Waals surface area (Å²) in [5, 5.41) is 1.82. The number of carbonyl (C=O) groups excluding carboxylic acids is 1. The summed E-state index contributed by atoms with van der Waals surface area (Å²) >= 11 is 0. The first kappa shape index (κ1) is 12.3. The molecule has 0 fully saturated rings. The fourth-order valence-electron chi connectivity index (χ4n) is 2.35. The van der Waals surface area contributed by atoms with Crippen LogP contribution in [-0.4, -0.2) is 10.9 Å². The number of fused-ring (bicyclic) bond motifs is 1. The van der Waals surface area contributed by atoms with Gasteiger partial charge in [0.25, 0.3) is 5.91 Å². The number of rotatable bonds is 2. The highest BCUT2D eigenvalue weighted by Gasteiger charge is 2.16. The highest BCUT2D eigenvalue weighted by Crippen LogP contribution is 2.31. The van der Waals surface area contributed by atoms with Crippen LogP contribution in [0.15, 0.2) is 54.9 Å². The van der Waals surface area contributed by atoms with Gasteiger partial charge >= 0.3 is 0 Å². The van der Waals surface area contributed by atoms with Crippen molar-refractivity contribution in [1.29, 1.82) is 0 Å². The minimum Gasteiger partial charge on any atom is -0.365 e. The second kappa shape index (κ2) is 4.74. The Morgan fingerprint density at radius 3 is 2.60 bits per heavy atom. The van der Waals surface area contributed by atoms with Gasteiger partial charge in [-0.3, -0.25) is 9.78 Å². The molecule has 0 aliphatic carbocycles. The summed E-state index contributed by atoms with van der Waals surface area (Å²) in [7, 11) is 0. The molecule has 0 spiro atoms. The van der Waals surface area contributed by atoms with Crippen molar-refractivity contribution < 1.29 is 9.18 Å². The molecule has 0 aliphatic heterocycles. The zero-order chi connectivity index (χ0) is 14.1. The average Bonchev–Trinajstić information content (AvgIpc) is 2.46. The number of carbonyl (C=O) groups is 1. The van der Waals surface area contributed by atoms with Crippen LogP contribution in [0, 0.1) is 5.82 Å². The first-order valence-electron chi connectivity index (χ1n) is 6.10. The molecule has 0 radical (unpaired) electrons. The average molecular weight is 266 g/mol. The molecule has 1 heterocycles. The van der Waals surface area contributed by atoms with Gasteiger partial charge in [-0.15, -0.1) is 0 Å². The van der Waals surface area contributed by atoms with Gasteiger partial charge in [-0.2, -0.15) is 0 Å². The SMILES string of the molecule is NC(=O)c1c(F)cccc1-c1cccc2ccncc12. The maximum atomic E-state index is 13.9. The third kappa shape index (κ3) is 1.91. The van der Waals surface area contributed by atoms with Gasteiger partial charge in [-0.1, -0.05) is 30.3 Å². The van der Waals surface area contributed by atoms with Crippen molar-refractivity contribution in [3.8, 4) is 11.1 Å². The monoisotopic (exact) mass is 266 g/mol. The molecular weight excluding hydrogens is 255 g/mol. The minimum atomic E-state index is -0.779. The number of aromatic nitrogens is 1. The van der Waals surface area contributed by atoms with Gasteiger partial charge in [-0.25, -0.2) is 4.39 Å². The number of nitrogens with two attached hydrogens (primary N) is 1. The molecule has 3 nitrogen and oxygen atoms in total. The highest BCUT2D eigenvalue weighted by molar-refractivity contribution is 6.05. The molecule has 1 aromatic heterocycles. The molecule has 1 amide bonds. The van der Waals surface area contributed by atoms with E-state index in [9.17, 15) is 9.18 Å². The lowest BCUT2D eigenvalue weighted by molar-refractivity contribution is 0.0997. The Bertz CT molecular complexity index is 809. The van der Waals surface area contributed by atoms with E-state index in [2.05, 4.69) is 4.98 Å². The predicted molar refractivity (Wildman–Crippen MR) is 75.7 cm³/mol. The Hall–Kier alpha value is -2.75. The summed E-state index contributed by atoms with van der Waals surface area (Å²) in [4.78, 5) is 15.6. The van der Waals surface area contributed by atoms with Gasteiger partial charge in [0.1, 0.15) is 5.82 Å². The van der Waals surface area contributed by atoms with Crippen LogP contribution < -0.4 is 5.73 Å². The Morgan fingerprint density at radius 2 is 1.80 bits per heavy atom. The zero-order valence-corrected chi connectivity index (χ0v) is 10.5. The summed E-state index contributed by atoms with van der Waals surface area (Å²) < 4.78 is 13.9. The van der Waals surface area contributed by atoms with Crippen molar-refractivity contribution in [2.45, 2.75) is 0 Å². The van der Waals surface area contributed by atoms with Gasteiger partial charge in [-0.05, 0) is 28.6 Å². The Labute approximate surface area is 114 Å². The molecule has 4 heteroatoms. The summed E-state index contributed by atoms with van der Waals surface area (Å²) in [5.74, 6) is -1.39. The molecule has 0 saturated heterocycles. The van der Waals surface area contributed by atoms with E-state index in [0.29, 0.717) is 5.56 Å². The van der Waals surface area contributed by atoms with Crippen molar-refractivity contribution in [2.75, 3.05) is 0 Å². The molecule has 0 atom stereocenters. The van der Waals surface area contributed by atoms with E-state index < -0.39 is 11.7 Å². The van der Waals surface area contributed by atoms with Crippen molar-refractivity contribution in [3.63, 3.8) is 0 Å². The van der Waals surface area contributed by atoms with E-state index in [0.717, 1.165) is 16.3 Å². The van der Waals surface area contributed by atoms with E-state index in [4.69, 9.17) is 5.73 Å². The van der Waals surface area contributed by atoms with Crippen LogP contribution in [-0.2, 0) is 0 Å². The molecule has 98 valence electrons. The van der Waals surface area contributed by atoms with E-state index in [1.807, 2.05) is 24.3 Å². The molecule has 0 saturated carbocycles. The molecule has 0 bridgehead atoms. The first-order chi connectivity index (χ1) is 9.68. The maximum absolute atomic E-state index is 13.9. The maximum Gasteiger partial charge on any atom is 0.252 e. The number of benzene rings is 2. The zero-order valence-electron chi connectivity index (χ0n) is 10.5. The molecule has 0 aliphatic rings. The van der Waals surface area contributed by atoms with E-state index >= 15 is 0 Å². The minimum absolute atomic E-state index is 0.0937. The molecule has 0 unspecified atom stereocenters. The van der Waals surface area contributed by atoms with Gasteiger partial charge in [0.15, 0.2) is 0 Å². The molecular formula is C16H11FN2O. The lowest BCUT2D eigenvalue weighted by Crippen LogP contribution is -2.14. The van der Waals surface area contributed by atoms with Gasteiger partial charge < -0.3 is 5.73 Å². The summed E-state index contributed by atoms with van der Waals surface area (Å²) in [5.41, 5.74) is 6.43. The van der Waals surface area contributed by atoms with Crippen LogP contribution in [0.25, 0.3) is 21.9 Å². The first-order valence-corrected chi connectivity index (χ1v) is 6.10. The van der Waals surface area contributed by atoms with Crippen LogP contribution in [0.3, 0.4) is 0 Å². The topological polar surface area (TPSA) is 56.0 Å². The number of hydrogen-bond donors (Lipinski definition) is 1. The van der Waals surface area contributed by atoms with Crippen molar-refractivity contribution in [3.05, 3.63) is 66.2 Å². The highest BCUT2D eigenvalue weighted by atomic mass is 19.1. The second-order valence-corrected chi connectivity index (χ2v) is 4.43. The lowest BCUT2D eigenvalue weighted by atomic mass is 9.95. The summed E-state index contributed by atoms with van der Waals surface area (Å²) in [6.07, 6.45) is 3.38. The van der Waals surface area contributed by atoms with E-state index in [1.54, 1.807) is 24.5 Å². The third-order valence-corrected chi connectivity index (χ3v) is 3.23. The number of nitrogens with zero attached hydrogens (tertiary/aromatic N) is 1. The van der Waals surface area contributed by atoms with Crippen LogP contribution in [0.4, 0.5) is 4.39 Å². The molecule has 2 N–H and O–H groups in total. The Kier molecular flexibility index (Phi) is 2.91. The standard InChI is InChI=1S/C16H11FN2O/c17-14-6-2-5-12(15(14)16(18)20)11-4-1-3-10-7-8-19-9-13(10)11/h1-9H,(H2,18,20). The van der Waals surface area contributed by atoms with Gasteiger partial charge in [0.2, 0.25) is 0 Å². The van der Waals surface area contributed by atoms with E-state index in [1.165, 1.54) is 6.07 Å². The molecule has 3 rings (SSSR count). The molecule has 20 heavy (non-hydrogen) atoms. The smallest absolute Gasteiger partial charge is 0.252 e. The summed E-state index contributed by atoms with van der Waals surface area (Å²) in [6.45, 7) is 0. The number of pyridine rings is 1. The fraction of sp³-hybridized carbons (Fsp3) is 0. The quantitative estimate of drug-likeness (QED) is 0.774. The number of amides is 1. The van der Waals surface area contributed by atoms with Crippen LogP contribution in [0.2, 0.25) is 0 Å². The number of primary amides is 1. The Morgan fingerprint density at radius 1 is 1.05 bits per heavy atom. The number of hydrogen-bond acceptors (Lipinski definition) is 2. The summed E-state index contributed by atoms with van der Waals surface area (Å²) in [6, 6.07) is 12.0. The lowest BCUT2D eigenvalue weighted by Gasteiger charge is -2.10. The fourth-order valence-corrected chi connectivity index (χ4v) is 2.35. The van der Waals surface area contributed by atoms with Crippen LogP contribution >= 0.6 is 0 Å². The normalized spacial score (nSPS) is 10.7. The van der Waals surface area contributed by atoms with Crippen molar-refractivity contribution in [1.82, 2.24) is 4.98 Å². The predicted octanol–water partition coefficient (Wildman–Crippen LogP) is 3.14. The van der Waals surface area contributed by atoms with E-state index in [-0.39, 0.29) is 5.56 Å². The van der Waals surface area contributed by atoms with Crippen LogP contribution in [0.5, 0.6) is 0 Å². The molecule has 3 aromatic rings.